The number of guanidine groups is 1. The molecule has 1 heterocycles. The van der Waals surface area contributed by atoms with E-state index in [4.69, 9.17) is 5.73 Å². The summed E-state index contributed by atoms with van der Waals surface area (Å²) >= 11 is 0. The fourth-order valence-electron chi connectivity index (χ4n) is 2.56. The van der Waals surface area contributed by atoms with E-state index < -0.39 is 19.7 Å². The normalized spacial score (nSPS) is 19.9. The molecular weight excluding hydrogens is 326 g/mol. The van der Waals surface area contributed by atoms with E-state index in [0.29, 0.717) is 18.1 Å². The number of benzene rings is 1. The van der Waals surface area contributed by atoms with Crippen molar-refractivity contribution in [1.82, 2.24) is 4.90 Å². The predicted octanol–water partition coefficient (Wildman–Crippen LogP) is -0.163. The van der Waals surface area contributed by atoms with E-state index in [-0.39, 0.29) is 22.3 Å². The lowest BCUT2D eigenvalue weighted by molar-refractivity contribution is 0.415. The van der Waals surface area contributed by atoms with Crippen LogP contribution in [0, 0.1) is 0 Å². The maximum Gasteiger partial charge on any atom is 0.191 e. The van der Waals surface area contributed by atoms with Crippen LogP contribution in [0.2, 0.25) is 0 Å². The Bertz CT molecular complexity index is 779. The van der Waals surface area contributed by atoms with Gasteiger partial charge < -0.3 is 10.6 Å². The molecule has 2 rings (SSSR count). The first-order chi connectivity index (χ1) is 10.0. The number of rotatable bonds is 3. The smallest absolute Gasteiger partial charge is 0.191 e. The maximum atomic E-state index is 12.1. The molecule has 122 valence electrons. The molecule has 0 bridgehead atoms. The molecular formula is C13H19N3O4S2. The summed E-state index contributed by atoms with van der Waals surface area (Å²) in [5, 5.41) is 0. The molecule has 0 saturated carbocycles. The lowest BCUT2D eigenvalue weighted by Crippen LogP contribution is -2.42. The molecule has 1 atom stereocenters. The molecule has 1 aromatic rings. The van der Waals surface area contributed by atoms with Crippen molar-refractivity contribution in [2.45, 2.75) is 15.7 Å². The summed E-state index contributed by atoms with van der Waals surface area (Å²) in [6, 6.07) is 4.31. The zero-order valence-electron chi connectivity index (χ0n) is 12.6. The molecule has 1 aliphatic rings. The minimum Gasteiger partial charge on any atom is -0.370 e. The second-order valence-electron chi connectivity index (χ2n) is 5.49. The fraction of sp³-hybridized carbons (Fsp3) is 0.462. The first-order valence-corrected chi connectivity index (χ1v) is 10.3. The highest BCUT2D eigenvalue weighted by molar-refractivity contribution is 7.91. The van der Waals surface area contributed by atoms with Gasteiger partial charge in [0, 0.05) is 32.0 Å². The van der Waals surface area contributed by atoms with Crippen LogP contribution in [0.1, 0.15) is 11.5 Å². The van der Waals surface area contributed by atoms with Gasteiger partial charge in [-0.3, -0.25) is 4.99 Å². The molecule has 7 nitrogen and oxygen atoms in total. The van der Waals surface area contributed by atoms with Crippen LogP contribution in [0.5, 0.6) is 0 Å². The van der Waals surface area contributed by atoms with Gasteiger partial charge in [-0.15, -0.1) is 0 Å². The molecule has 0 fully saturated rings. The van der Waals surface area contributed by atoms with Crippen LogP contribution in [0.25, 0.3) is 0 Å². The van der Waals surface area contributed by atoms with Crippen molar-refractivity contribution in [2.75, 3.05) is 32.6 Å². The van der Waals surface area contributed by atoms with Gasteiger partial charge in [0.1, 0.15) is 0 Å². The minimum atomic E-state index is -3.56. The van der Waals surface area contributed by atoms with Crippen molar-refractivity contribution in [3.63, 3.8) is 0 Å². The Morgan fingerprint density at radius 1 is 1.14 bits per heavy atom. The number of hydrogen-bond acceptors (Lipinski definition) is 7. The van der Waals surface area contributed by atoms with Crippen LogP contribution in [-0.4, -0.2) is 60.3 Å². The molecule has 2 N–H and O–H groups in total. The van der Waals surface area contributed by atoms with Gasteiger partial charge in [0.2, 0.25) is 0 Å². The quantitative estimate of drug-likeness (QED) is 0.815. The zero-order chi connectivity index (χ0) is 16.7. The van der Waals surface area contributed by atoms with Crippen molar-refractivity contribution in [3.8, 4) is 0 Å². The van der Waals surface area contributed by atoms with Crippen LogP contribution >= 0.6 is 0 Å². The lowest BCUT2D eigenvalue weighted by atomic mass is 9.97. The van der Waals surface area contributed by atoms with Crippen LogP contribution in [0.4, 0.5) is 0 Å². The Morgan fingerprint density at radius 3 is 2.05 bits per heavy atom. The molecule has 22 heavy (non-hydrogen) atoms. The molecule has 1 aromatic carbocycles. The third-order valence-corrected chi connectivity index (χ3v) is 5.90. The third kappa shape index (κ3) is 3.25. The Kier molecular flexibility index (Phi) is 4.22. The van der Waals surface area contributed by atoms with Crippen molar-refractivity contribution in [2.24, 2.45) is 10.7 Å². The van der Waals surface area contributed by atoms with Gasteiger partial charge in [0.15, 0.2) is 25.6 Å². The van der Waals surface area contributed by atoms with E-state index in [1.54, 1.807) is 11.9 Å². The second-order valence-corrected chi connectivity index (χ2v) is 9.46. The van der Waals surface area contributed by atoms with E-state index in [1.807, 2.05) is 0 Å². The standard InChI is InChI=1S/C13H19N3O4S2/c1-16-8-9(7-15-13(16)14)12-10(21(2,17)18)5-4-6-11(12)22(3,19)20/h4-6,9H,7-8H2,1-3H3,(H2,14,15). The highest BCUT2D eigenvalue weighted by atomic mass is 32.2. The number of nitrogens with zero attached hydrogens (tertiary/aromatic N) is 2. The molecule has 0 aromatic heterocycles. The summed E-state index contributed by atoms with van der Waals surface area (Å²) in [7, 11) is -5.39. The zero-order valence-corrected chi connectivity index (χ0v) is 14.3. The fourth-order valence-corrected chi connectivity index (χ4v) is 4.63. The van der Waals surface area contributed by atoms with Crippen molar-refractivity contribution in [3.05, 3.63) is 23.8 Å². The van der Waals surface area contributed by atoms with Gasteiger partial charge in [0.25, 0.3) is 0 Å². The average Bonchev–Trinajstić information content (AvgIpc) is 2.39. The minimum absolute atomic E-state index is 0.0319. The molecule has 0 radical (unpaired) electrons. The first kappa shape index (κ1) is 16.8. The van der Waals surface area contributed by atoms with Crippen LogP contribution in [0.15, 0.2) is 33.0 Å². The SMILES string of the molecule is CN1CC(c2c(S(C)(=O)=O)cccc2S(C)(=O)=O)CN=C1N. The van der Waals surface area contributed by atoms with Gasteiger partial charge >= 0.3 is 0 Å². The summed E-state index contributed by atoms with van der Waals surface area (Å²) in [5.74, 6) is 0.00180. The summed E-state index contributed by atoms with van der Waals surface area (Å²) in [4.78, 5) is 5.89. The molecule has 0 amide bonds. The molecule has 0 spiro atoms. The number of nitrogens with two attached hydrogens (primary N) is 1. The van der Waals surface area contributed by atoms with Crippen LogP contribution in [-0.2, 0) is 19.7 Å². The van der Waals surface area contributed by atoms with Crippen molar-refractivity contribution in [1.29, 1.82) is 0 Å². The van der Waals surface area contributed by atoms with E-state index >= 15 is 0 Å². The van der Waals surface area contributed by atoms with Gasteiger partial charge in [-0.1, -0.05) is 6.07 Å². The topological polar surface area (TPSA) is 110 Å². The largest absolute Gasteiger partial charge is 0.370 e. The molecule has 0 saturated heterocycles. The van der Waals surface area contributed by atoms with E-state index in [2.05, 4.69) is 4.99 Å². The molecule has 1 unspecified atom stereocenters. The Hall–Kier alpha value is -1.61. The van der Waals surface area contributed by atoms with E-state index in [9.17, 15) is 16.8 Å². The van der Waals surface area contributed by atoms with Crippen molar-refractivity contribution >= 4 is 25.6 Å². The Morgan fingerprint density at radius 2 is 1.64 bits per heavy atom. The average molecular weight is 345 g/mol. The van der Waals surface area contributed by atoms with Gasteiger partial charge in [0.05, 0.1) is 16.3 Å². The Labute approximate surface area is 130 Å². The monoisotopic (exact) mass is 345 g/mol. The molecule has 0 aliphatic carbocycles. The summed E-state index contributed by atoms with van der Waals surface area (Å²) in [6.07, 6.45) is 2.14. The molecule has 1 aliphatic heterocycles. The van der Waals surface area contributed by atoms with E-state index in [1.165, 1.54) is 18.2 Å². The number of likely N-dealkylation sites (N-methyl/N-ethyl adjacent to an activating group) is 1. The number of hydrogen-bond donors (Lipinski definition) is 1. The van der Waals surface area contributed by atoms with Gasteiger partial charge in [-0.2, -0.15) is 0 Å². The van der Waals surface area contributed by atoms with Crippen LogP contribution < -0.4 is 5.73 Å². The highest BCUT2D eigenvalue weighted by Crippen LogP contribution is 2.32. The van der Waals surface area contributed by atoms with Gasteiger partial charge in [-0.25, -0.2) is 16.8 Å². The lowest BCUT2D eigenvalue weighted by Gasteiger charge is -2.30. The summed E-state index contributed by atoms with van der Waals surface area (Å²) in [6.45, 7) is 0.662. The Balaban J connectivity index is 2.72. The summed E-state index contributed by atoms with van der Waals surface area (Å²) < 4.78 is 48.2. The highest BCUT2D eigenvalue weighted by Gasteiger charge is 2.30. The predicted molar refractivity (Wildman–Crippen MR) is 84.5 cm³/mol. The number of aliphatic imine (C=N–C) groups is 1. The third-order valence-electron chi connectivity index (χ3n) is 3.59. The molecule has 9 heteroatoms. The van der Waals surface area contributed by atoms with Crippen molar-refractivity contribution < 1.29 is 16.8 Å². The van der Waals surface area contributed by atoms with Gasteiger partial charge in [-0.05, 0) is 17.7 Å². The van der Waals surface area contributed by atoms with Crippen LogP contribution in [0.3, 0.4) is 0 Å². The maximum absolute atomic E-state index is 12.1. The summed E-state index contributed by atoms with van der Waals surface area (Å²) in [5.41, 5.74) is 6.01. The van der Waals surface area contributed by atoms with E-state index in [0.717, 1.165) is 12.5 Å². The second kappa shape index (κ2) is 5.54. The number of sulfone groups is 2. The first-order valence-electron chi connectivity index (χ1n) is 6.56.